The largest absolute Gasteiger partial charge is 0.459 e. The fourth-order valence-electron chi connectivity index (χ4n) is 3.94. The van der Waals surface area contributed by atoms with Crippen molar-refractivity contribution in [2.75, 3.05) is 6.54 Å². The van der Waals surface area contributed by atoms with Gasteiger partial charge in [-0.25, -0.2) is 19.3 Å². The first-order valence-corrected chi connectivity index (χ1v) is 12.3. The number of hydrogen-bond acceptors (Lipinski definition) is 6. The number of urea groups is 1. The van der Waals surface area contributed by atoms with Crippen molar-refractivity contribution < 1.29 is 28.7 Å². The smallest absolute Gasteiger partial charge is 0.408 e. The minimum absolute atomic E-state index is 0.00878. The van der Waals surface area contributed by atoms with Crippen molar-refractivity contribution >= 4 is 24.0 Å². The predicted molar refractivity (Wildman–Crippen MR) is 137 cm³/mol. The third kappa shape index (κ3) is 7.55. The molecule has 198 valence electrons. The molecular weight excluding hydrogens is 474 g/mol. The van der Waals surface area contributed by atoms with Gasteiger partial charge in [-0.3, -0.25) is 4.79 Å². The zero-order chi connectivity index (χ0) is 27.2. The van der Waals surface area contributed by atoms with Gasteiger partial charge >= 0.3 is 18.1 Å². The van der Waals surface area contributed by atoms with Gasteiger partial charge in [-0.1, -0.05) is 74.5 Å². The first kappa shape index (κ1) is 27.7. The molecule has 2 aromatic rings. The number of nitrogens with one attached hydrogen (secondary N) is 1. The molecule has 3 rings (SSSR count). The summed E-state index contributed by atoms with van der Waals surface area (Å²) in [6.07, 6.45) is -0.782. The van der Waals surface area contributed by atoms with E-state index in [1.54, 1.807) is 34.6 Å². The van der Waals surface area contributed by atoms with E-state index in [1.807, 2.05) is 60.7 Å². The molecule has 0 saturated carbocycles. The molecule has 2 aromatic carbocycles. The monoisotopic (exact) mass is 509 g/mol. The molecule has 9 nitrogen and oxygen atoms in total. The van der Waals surface area contributed by atoms with Gasteiger partial charge in [0.15, 0.2) is 6.04 Å². The zero-order valence-electron chi connectivity index (χ0n) is 22.0. The van der Waals surface area contributed by atoms with Crippen LogP contribution in [0.25, 0.3) is 0 Å². The van der Waals surface area contributed by atoms with Crippen LogP contribution in [0.2, 0.25) is 0 Å². The Morgan fingerprint density at radius 3 is 2.08 bits per heavy atom. The maximum atomic E-state index is 13.7. The summed E-state index contributed by atoms with van der Waals surface area (Å²) in [5.74, 6) is -1.76. The molecule has 0 aliphatic carbocycles. The molecule has 9 heteroatoms. The van der Waals surface area contributed by atoms with Crippen LogP contribution in [0, 0.1) is 5.92 Å². The average molecular weight is 510 g/mol. The van der Waals surface area contributed by atoms with Gasteiger partial charge in [-0.2, -0.15) is 0 Å². The molecule has 0 radical (unpaired) electrons. The Labute approximate surface area is 217 Å². The fourth-order valence-corrected chi connectivity index (χ4v) is 3.94. The SMILES string of the molecule is CC(C)C(NC(=O)OC(C)(C)C)C(=O)N1C(=O)N(Cc2ccccc2)CC1C(=O)OCc1ccccc1. The Bertz CT molecular complexity index is 1100. The Hall–Kier alpha value is -3.88. The van der Waals surface area contributed by atoms with Gasteiger partial charge in [-0.15, -0.1) is 0 Å². The quantitative estimate of drug-likeness (QED) is 0.537. The van der Waals surface area contributed by atoms with E-state index in [1.165, 1.54) is 4.90 Å². The lowest BCUT2D eigenvalue weighted by molar-refractivity contribution is -0.153. The van der Waals surface area contributed by atoms with Crippen LogP contribution < -0.4 is 5.32 Å². The van der Waals surface area contributed by atoms with E-state index in [9.17, 15) is 19.2 Å². The highest BCUT2D eigenvalue weighted by atomic mass is 16.6. The van der Waals surface area contributed by atoms with E-state index < -0.39 is 41.7 Å². The van der Waals surface area contributed by atoms with Crippen molar-refractivity contribution in [2.45, 2.75) is 65.5 Å². The molecule has 1 aliphatic heterocycles. The van der Waals surface area contributed by atoms with Gasteiger partial charge in [0.05, 0.1) is 6.54 Å². The van der Waals surface area contributed by atoms with E-state index in [0.29, 0.717) is 0 Å². The van der Waals surface area contributed by atoms with Crippen molar-refractivity contribution in [3.8, 4) is 0 Å². The second kappa shape index (κ2) is 11.9. The van der Waals surface area contributed by atoms with Crippen LogP contribution in [-0.4, -0.2) is 58.0 Å². The normalized spacial score (nSPS) is 16.5. The Morgan fingerprint density at radius 2 is 1.54 bits per heavy atom. The van der Waals surface area contributed by atoms with Gasteiger partial charge in [0, 0.05) is 6.54 Å². The predicted octanol–water partition coefficient (Wildman–Crippen LogP) is 4.11. The number of ether oxygens (including phenoxy) is 2. The number of hydrogen-bond donors (Lipinski definition) is 1. The van der Waals surface area contributed by atoms with Crippen LogP contribution in [0.5, 0.6) is 0 Å². The average Bonchev–Trinajstić information content (AvgIpc) is 3.16. The summed E-state index contributed by atoms with van der Waals surface area (Å²) in [6, 6.07) is 15.6. The van der Waals surface area contributed by atoms with Crippen molar-refractivity contribution in [2.24, 2.45) is 5.92 Å². The van der Waals surface area contributed by atoms with Crippen molar-refractivity contribution in [3.05, 3.63) is 71.8 Å². The molecular formula is C28H35N3O6. The second-order valence-electron chi connectivity index (χ2n) is 10.3. The number of rotatable bonds is 8. The van der Waals surface area contributed by atoms with Crippen LogP contribution in [0.1, 0.15) is 45.7 Å². The van der Waals surface area contributed by atoms with Crippen molar-refractivity contribution in [1.29, 1.82) is 0 Å². The summed E-state index contributed by atoms with van der Waals surface area (Å²) in [6.45, 7) is 8.82. The van der Waals surface area contributed by atoms with Gasteiger partial charge in [-0.05, 0) is 37.8 Å². The molecule has 1 fully saturated rings. The minimum Gasteiger partial charge on any atom is -0.459 e. The van der Waals surface area contributed by atoms with Crippen LogP contribution in [-0.2, 0) is 32.2 Å². The number of carbonyl (C=O) groups excluding carboxylic acids is 4. The number of amides is 4. The second-order valence-corrected chi connectivity index (χ2v) is 10.3. The standard InChI is InChI=1S/C28H35N3O6/c1-19(2)23(29-26(34)37-28(3,4)5)24(32)31-22(25(33)36-18-21-14-10-7-11-15-21)17-30(27(31)35)16-20-12-8-6-9-13-20/h6-15,19,22-23H,16-18H2,1-5H3,(H,29,34). The summed E-state index contributed by atoms with van der Waals surface area (Å²) < 4.78 is 10.8. The van der Waals surface area contributed by atoms with Gasteiger partial charge < -0.3 is 19.7 Å². The molecule has 2 unspecified atom stereocenters. The maximum Gasteiger partial charge on any atom is 0.408 e. The van der Waals surface area contributed by atoms with E-state index in [4.69, 9.17) is 9.47 Å². The molecule has 1 aliphatic rings. The summed E-state index contributed by atoms with van der Waals surface area (Å²) in [5, 5.41) is 2.58. The Morgan fingerprint density at radius 1 is 0.973 bits per heavy atom. The maximum absolute atomic E-state index is 13.7. The fraction of sp³-hybridized carbons (Fsp3) is 0.429. The summed E-state index contributed by atoms with van der Waals surface area (Å²) in [5.41, 5.74) is 0.869. The number of esters is 1. The lowest BCUT2D eigenvalue weighted by Gasteiger charge is -2.29. The molecule has 1 N–H and O–H groups in total. The first-order valence-electron chi connectivity index (χ1n) is 12.3. The molecule has 1 saturated heterocycles. The van der Waals surface area contributed by atoms with Crippen LogP contribution >= 0.6 is 0 Å². The number of alkyl carbamates (subject to hydrolysis) is 1. The zero-order valence-corrected chi connectivity index (χ0v) is 22.0. The highest BCUT2D eigenvalue weighted by Crippen LogP contribution is 2.23. The van der Waals surface area contributed by atoms with Crippen LogP contribution in [0.15, 0.2) is 60.7 Å². The minimum atomic E-state index is -1.16. The van der Waals surface area contributed by atoms with Gasteiger partial charge in [0.2, 0.25) is 0 Å². The molecule has 0 spiro atoms. The van der Waals surface area contributed by atoms with E-state index >= 15 is 0 Å². The molecule has 1 heterocycles. The van der Waals surface area contributed by atoms with Gasteiger partial charge in [0.1, 0.15) is 18.2 Å². The topological polar surface area (TPSA) is 105 Å². The Kier molecular flexibility index (Phi) is 8.91. The third-order valence-electron chi connectivity index (χ3n) is 5.74. The van der Waals surface area contributed by atoms with Crippen LogP contribution in [0.3, 0.4) is 0 Å². The highest BCUT2D eigenvalue weighted by molar-refractivity contribution is 6.04. The van der Waals surface area contributed by atoms with E-state index in [2.05, 4.69) is 5.32 Å². The summed E-state index contributed by atoms with van der Waals surface area (Å²) >= 11 is 0. The number of benzene rings is 2. The van der Waals surface area contributed by atoms with Gasteiger partial charge in [0.25, 0.3) is 5.91 Å². The number of nitrogens with zero attached hydrogens (tertiary/aromatic N) is 2. The van der Waals surface area contributed by atoms with Crippen molar-refractivity contribution in [1.82, 2.24) is 15.1 Å². The molecule has 2 atom stereocenters. The number of carbonyl (C=O) groups is 4. The van der Waals surface area contributed by atoms with Crippen molar-refractivity contribution in [3.63, 3.8) is 0 Å². The van der Waals surface area contributed by atoms with E-state index in [-0.39, 0.29) is 25.6 Å². The molecule has 4 amide bonds. The number of imide groups is 1. The molecule has 37 heavy (non-hydrogen) atoms. The third-order valence-corrected chi connectivity index (χ3v) is 5.74. The molecule has 0 aromatic heterocycles. The Balaban J connectivity index is 1.84. The van der Waals surface area contributed by atoms with E-state index in [0.717, 1.165) is 16.0 Å². The summed E-state index contributed by atoms with van der Waals surface area (Å²) in [7, 11) is 0. The lowest BCUT2D eigenvalue weighted by Crippen LogP contribution is -2.56. The van der Waals surface area contributed by atoms with Crippen LogP contribution in [0.4, 0.5) is 9.59 Å². The first-order chi connectivity index (χ1) is 17.5. The highest BCUT2D eigenvalue weighted by Gasteiger charge is 2.48. The molecule has 0 bridgehead atoms. The summed E-state index contributed by atoms with van der Waals surface area (Å²) in [4.78, 5) is 55.1. The lowest BCUT2D eigenvalue weighted by atomic mass is 10.0.